The van der Waals surface area contributed by atoms with E-state index >= 15 is 0 Å². The van der Waals surface area contributed by atoms with Crippen LogP contribution in [0.25, 0.3) is 12.2 Å². The normalized spacial score (nSPS) is 11.2. The molecule has 0 saturated carbocycles. The number of rotatable bonds is 6. The van der Waals surface area contributed by atoms with Gasteiger partial charge in [-0.3, -0.25) is 0 Å². The molecule has 0 atom stereocenters. The van der Waals surface area contributed by atoms with Gasteiger partial charge in [0.25, 0.3) is 0 Å². The molecule has 1 N–H and O–H groups in total. The Morgan fingerprint density at radius 2 is 2.12 bits per heavy atom. The van der Waals surface area contributed by atoms with Crippen molar-refractivity contribution in [2.24, 2.45) is 0 Å². The average Bonchev–Trinajstić information content (AvgIpc) is 2.64. The molecule has 1 aromatic rings. The van der Waals surface area contributed by atoms with Crippen molar-refractivity contribution in [3.63, 3.8) is 0 Å². The van der Waals surface area contributed by atoms with E-state index in [4.69, 9.17) is 4.42 Å². The smallest absolute Gasteiger partial charge is 0.134 e. The van der Waals surface area contributed by atoms with Crippen LogP contribution in [0.1, 0.15) is 43.4 Å². The van der Waals surface area contributed by atoms with Crippen molar-refractivity contribution >= 4 is 12.2 Å². The number of nitrogens with one attached hydrogen (secondary N) is 1. The predicted octanol–water partition coefficient (Wildman–Crippen LogP) is 3.63. The van der Waals surface area contributed by atoms with E-state index in [0.717, 1.165) is 31.0 Å². The van der Waals surface area contributed by atoms with Crippen molar-refractivity contribution in [1.82, 2.24) is 5.32 Å². The van der Waals surface area contributed by atoms with E-state index in [1.165, 1.54) is 11.1 Å². The van der Waals surface area contributed by atoms with E-state index in [-0.39, 0.29) is 0 Å². The van der Waals surface area contributed by atoms with Gasteiger partial charge >= 0.3 is 0 Å². The molecular weight excluding hydrogens is 198 g/mol. The first-order valence-corrected chi connectivity index (χ1v) is 5.88. The largest absolute Gasteiger partial charge is 0.459 e. The van der Waals surface area contributed by atoms with E-state index in [0.29, 0.717) is 0 Å². The molecule has 0 aliphatic carbocycles. The molecule has 0 fully saturated rings. The van der Waals surface area contributed by atoms with Gasteiger partial charge in [0, 0.05) is 11.1 Å². The van der Waals surface area contributed by atoms with Crippen LogP contribution in [0.5, 0.6) is 0 Å². The third-order valence-electron chi connectivity index (χ3n) is 2.57. The van der Waals surface area contributed by atoms with Crippen LogP contribution in [-0.4, -0.2) is 6.54 Å². The van der Waals surface area contributed by atoms with E-state index < -0.39 is 0 Å². The first kappa shape index (κ1) is 12.8. The van der Waals surface area contributed by atoms with Crippen LogP contribution in [-0.2, 0) is 13.0 Å². The maximum Gasteiger partial charge on any atom is 0.134 e. The highest BCUT2D eigenvalue weighted by molar-refractivity contribution is 5.65. The van der Waals surface area contributed by atoms with Crippen molar-refractivity contribution in [2.75, 3.05) is 6.54 Å². The summed E-state index contributed by atoms with van der Waals surface area (Å²) in [6.07, 6.45) is 6.89. The molecule has 1 rings (SSSR count). The zero-order valence-corrected chi connectivity index (χ0v) is 10.5. The van der Waals surface area contributed by atoms with E-state index in [1.807, 2.05) is 13.0 Å². The SMILES string of the molecule is C=Cc1oc(CNCC)c(CC)c1/C=C\C. The lowest BCUT2D eigenvalue weighted by molar-refractivity contribution is 0.476. The third-order valence-corrected chi connectivity index (χ3v) is 2.57. The van der Waals surface area contributed by atoms with Crippen molar-refractivity contribution in [3.8, 4) is 0 Å². The Balaban J connectivity index is 3.13. The van der Waals surface area contributed by atoms with Crippen LogP contribution in [0.15, 0.2) is 17.1 Å². The second kappa shape index (κ2) is 6.33. The van der Waals surface area contributed by atoms with Gasteiger partial charge in [-0.15, -0.1) is 0 Å². The Morgan fingerprint density at radius 3 is 2.62 bits per heavy atom. The van der Waals surface area contributed by atoms with Crippen molar-refractivity contribution in [1.29, 1.82) is 0 Å². The summed E-state index contributed by atoms with van der Waals surface area (Å²) in [6.45, 7) is 11.8. The lowest BCUT2D eigenvalue weighted by Gasteiger charge is -2.01. The molecule has 0 unspecified atom stereocenters. The van der Waals surface area contributed by atoms with Crippen LogP contribution in [0.4, 0.5) is 0 Å². The topological polar surface area (TPSA) is 25.2 Å². The maximum atomic E-state index is 5.81. The van der Waals surface area contributed by atoms with Crippen molar-refractivity contribution < 1.29 is 4.42 Å². The summed E-state index contributed by atoms with van der Waals surface area (Å²) >= 11 is 0. The lowest BCUT2D eigenvalue weighted by Crippen LogP contribution is -2.12. The number of hydrogen-bond acceptors (Lipinski definition) is 2. The monoisotopic (exact) mass is 219 g/mol. The minimum Gasteiger partial charge on any atom is -0.459 e. The van der Waals surface area contributed by atoms with Crippen LogP contribution in [0.3, 0.4) is 0 Å². The predicted molar refractivity (Wildman–Crippen MR) is 70.3 cm³/mol. The van der Waals surface area contributed by atoms with Gasteiger partial charge in [-0.25, -0.2) is 0 Å². The highest BCUT2D eigenvalue weighted by Crippen LogP contribution is 2.26. The Bertz CT molecular complexity index is 374. The fourth-order valence-corrected chi connectivity index (χ4v) is 1.82. The van der Waals surface area contributed by atoms with Gasteiger partial charge in [0.05, 0.1) is 6.54 Å². The summed E-state index contributed by atoms with van der Waals surface area (Å²) in [5.74, 6) is 1.91. The molecule has 0 amide bonds. The summed E-state index contributed by atoms with van der Waals surface area (Å²) in [4.78, 5) is 0. The highest BCUT2D eigenvalue weighted by Gasteiger charge is 2.14. The number of hydrogen-bond donors (Lipinski definition) is 1. The molecule has 1 aromatic heterocycles. The average molecular weight is 219 g/mol. The molecule has 0 saturated heterocycles. The summed E-state index contributed by atoms with van der Waals surface area (Å²) in [5.41, 5.74) is 2.46. The Hall–Kier alpha value is -1.28. The minimum atomic E-state index is 0.790. The molecule has 0 aromatic carbocycles. The van der Waals surface area contributed by atoms with E-state index in [1.54, 1.807) is 6.08 Å². The van der Waals surface area contributed by atoms with Gasteiger partial charge in [-0.2, -0.15) is 0 Å². The Morgan fingerprint density at radius 1 is 1.38 bits per heavy atom. The van der Waals surface area contributed by atoms with Crippen LogP contribution in [0.2, 0.25) is 0 Å². The van der Waals surface area contributed by atoms with Crippen molar-refractivity contribution in [3.05, 3.63) is 35.3 Å². The molecular formula is C14H21NO. The second-order valence-corrected chi connectivity index (χ2v) is 3.62. The molecule has 2 nitrogen and oxygen atoms in total. The molecule has 0 spiro atoms. The van der Waals surface area contributed by atoms with Gasteiger partial charge in [-0.1, -0.05) is 32.6 Å². The quantitative estimate of drug-likeness (QED) is 0.790. The van der Waals surface area contributed by atoms with Crippen molar-refractivity contribution in [2.45, 2.75) is 33.7 Å². The van der Waals surface area contributed by atoms with Gasteiger partial charge in [0.2, 0.25) is 0 Å². The maximum absolute atomic E-state index is 5.81. The van der Waals surface area contributed by atoms with Gasteiger partial charge < -0.3 is 9.73 Å². The summed E-state index contributed by atoms with van der Waals surface area (Å²) in [7, 11) is 0. The second-order valence-electron chi connectivity index (χ2n) is 3.62. The van der Waals surface area contributed by atoms with E-state index in [2.05, 4.69) is 31.8 Å². The standard InChI is InChI=1S/C14H21NO/c1-5-9-12-11(6-2)14(10-15-8-4)16-13(12)7-3/h5,7,9,15H,3,6,8,10H2,1-2,4H3/b9-5-. The van der Waals surface area contributed by atoms with Crippen LogP contribution < -0.4 is 5.32 Å². The third kappa shape index (κ3) is 2.64. The zero-order chi connectivity index (χ0) is 12.0. The summed E-state index contributed by atoms with van der Waals surface area (Å²) in [5, 5.41) is 3.29. The fourth-order valence-electron chi connectivity index (χ4n) is 1.82. The molecule has 0 aliphatic heterocycles. The minimum absolute atomic E-state index is 0.790. The molecule has 88 valence electrons. The zero-order valence-electron chi connectivity index (χ0n) is 10.5. The summed E-state index contributed by atoms with van der Waals surface area (Å²) < 4.78 is 5.81. The van der Waals surface area contributed by atoms with Gasteiger partial charge in [-0.05, 0) is 26.0 Å². The Kier molecular flexibility index (Phi) is 5.06. The molecule has 0 radical (unpaired) electrons. The van der Waals surface area contributed by atoms with Crippen LogP contribution >= 0.6 is 0 Å². The molecule has 16 heavy (non-hydrogen) atoms. The molecule has 2 heteroatoms. The lowest BCUT2D eigenvalue weighted by atomic mass is 10.1. The number of allylic oxidation sites excluding steroid dienone is 1. The molecule has 0 bridgehead atoms. The fraction of sp³-hybridized carbons (Fsp3) is 0.429. The Labute approximate surface area is 98.0 Å². The van der Waals surface area contributed by atoms with E-state index in [9.17, 15) is 0 Å². The summed E-state index contributed by atoms with van der Waals surface area (Å²) in [6, 6.07) is 0. The molecule has 1 heterocycles. The van der Waals surface area contributed by atoms with Crippen LogP contribution in [0, 0.1) is 0 Å². The first-order chi connectivity index (χ1) is 7.78. The number of furan rings is 1. The van der Waals surface area contributed by atoms with Gasteiger partial charge in [0.1, 0.15) is 11.5 Å². The van der Waals surface area contributed by atoms with Gasteiger partial charge in [0.15, 0.2) is 0 Å². The first-order valence-electron chi connectivity index (χ1n) is 5.88. The highest BCUT2D eigenvalue weighted by atomic mass is 16.3. The molecule has 0 aliphatic rings.